The van der Waals surface area contributed by atoms with E-state index in [1.54, 1.807) is 0 Å². The summed E-state index contributed by atoms with van der Waals surface area (Å²) in [6, 6.07) is 6.65. The van der Waals surface area contributed by atoms with E-state index >= 15 is 0 Å². The summed E-state index contributed by atoms with van der Waals surface area (Å²) in [6.45, 7) is 11.7. The van der Waals surface area contributed by atoms with Crippen LogP contribution in [0.3, 0.4) is 0 Å². The summed E-state index contributed by atoms with van der Waals surface area (Å²) in [5, 5.41) is 0. The van der Waals surface area contributed by atoms with Crippen molar-refractivity contribution in [1.29, 1.82) is 0 Å². The first-order chi connectivity index (χ1) is 9.41. The Hall–Kier alpha value is -0.690. The number of rotatable bonds is 2. The first-order valence-electron chi connectivity index (χ1n) is 7.82. The van der Waals surface area contributed by atoms with Crippen LogP contribution in [0.2, 0.25) is 0 Å². The second kappa shape index (κ2) is 6.39. The lowest BCUT2D eigenvalue weighted by Crippen LogP contribution is -2.26. The van der Waals surface area contributed by atoms with Gasteiger partial charge in [0.05, 0.1) is 0 Å². The quantitative estimate of drug-likeness (QED) is 0.661. The standard InChI is InChI=1S/C18H28ClN/c1-14-12-15(13-19)7-8-17(14)20-10-5-6-16(9-11-20)18(2,3)4/h7-8,12,16H,5-6,9-11,13H2,1-4H3. The van der Waals surface area contributed by atoms with Crippen LogP contribution in [-0.4, -0.2) is 13.1 Å². The molecule has 0 aromatic heterocycles. The maximum Gasteiger partial charge on any atom is 0.0474 e. The topological polar surface area (TPSA) is 3.24 Å². The monoisotopic (exact) mass is 293 g/mol. The van der Waals surface area contributed by atoms with Crippen LogP contribution in [0.15, 0.2) is 18.2 Å². The van der Waals surface area contributed by atoms with E-state index in [0.717, 1.165) is 5.92 Å². The fourth-order valence-electron chi connectivity index (χ4n) is 3.36. The van der Waals surface area contributed by atoms with E-state index in [1.165, 1.54) is 49.2 Å². The van der Waals surface area contributed by atoms with E-state index in [0.29, 0.717) is 11.3 Å². The first-order valence-corrected chi connectivity index (χ1v) is 8.35. The van der Waals surface area contributed by atoms with Gasteiger partial charge in [-0.25, -0.2) is 0 Å². The molecule has 112 valence electrons. The summed E-state index contributed by atoms with van der Waals surface area (Å²) in [7, 11) is 0. The molecule has 0 N–H and O–H groups in total. The van der Waals surface area contributed by atoms with Gasteiger partial charge >= 0.3 is 0 Å². The molecule has 0 radical (unpaired) electrons. The van der Waals surface area contributed by atoms with Gasteiger partial charge in [0.1, 0.15) is 0 Å². The summed E-state index contributed by atoms with van der Waals surface area (Å²) < 4.78 is 0. The fraction of sp³-hybridized carbons (Fsp3) is 0.667. The SMILES string of the molecule is Cc1cc(CCl)ccc1N1CCCC(C(C)(C)C)CC1. The van der Waals surface area contributed by atoms with E-state index in [-0.39, 0.29) is 0 Å². The number of nitrogens with zero attached hydrogens (tertiary/aromatic N) is 1. The second-order valence-electron chi connectivity index (χ2n) is 7.24. The molecule has 1 fully saturated rings. The predicted molar refractivity (Wildman–Crippen MR) is 89.7 cm³/mol. The minimum atomic E-state index is 0.438. The number of hydrogen-bond donors (Lipinski definition) is 0. The van der Waals surface area contributed by atoms with E-state index < -0.39 is 0 Å². The number of anilines is 1. The zero-order valence-corrected chi connectivity index (χ0v) is 14.1. The maximum absolute atomic E-state index is 5.92. The molecule has 0 saturated carbocycles. The molecular weight excluding hydrogens is 266 g/mol. The molecule has 1 aliphatic heterocycles. The Labute approximate surface area is 129 Å². The van der Waals surface area contributed by atoms with E-state index in [1.807, 2.05) is 0 Å². The highest BCUT2D eigenvalue weighted by molar-refractivity contribution is 6.17. The summed E-state index contributed by atoms with van der Waals surface area (Å²) in [5.74, 6) is 1.45. The molecule has 1 aromatic carbocycles. The minimum absolute atomic E-state index is 0.438. The average Bonchev–Trinajstić information content (AvgIpc) is 2.63. The van der Waals surface area contributed by atoms with Gasteiger partial charge < -0.3 is 4.90 Å². The molecule has 1 unspecified atom stereocenters. The number of halogens is 1. The lowest BCUT2D eigenvalue weighted by atomic mass is 9.77. The van der Waals surface area contributed by atoms with Crippen molar-refractivity contribution >= 4 is 17.3 Å². The average molecular weight is 294 g/mol. The van der Waals surface area contributed by atoms with Crippen LogP contribution in [0, 0.1) is 18.3 Å². The molecule has 0 amide bonds. The minimum Gasteiger partial charge on any atom is -0.371 e. The van der Waals surface area contributed by atoms with E-state index in [4.69, 9.17) is 11.6 Å². The molecule has 1 saturated heterocycles. The highest BCUT2D eigenvalue weighted by Gasteiger charge is 2.27. The van der Waals surface area contributed by atoms with Crippen molar-refractivity contribution in [2.24, 2.45) is 11.3 Å². The molecule has 0 aliphatic carbocycles. The third kappa shape index (κ3) is 3.69. The van der Waals surface area contributed by atoms with Crippen LogP contribution < -0.4 is 4.90 Å². The van der Waals surface area contributed by atoms with Gasteiger partial charge in [-0.1, -0.05) is 32.9 Å². The van der Waals surface area contributed by atoms with Gasteiger partial charge in [-0.05, 0) is 54.7 Å². The van der Waals surface area contributed by atoms with Crippen LogP contribution in [0.4, 0.5) is 5.69 Å². The van der Waals surface area contributed by atoms with E-state index in [2.05, 4.69) is 50.8 Å². The van der Waals surface area contributed by atoms with Gasteiger partial charge in [-0.15, -0.1) is 11.6 Å². The second-order valence-corrected chi connectivity index (χ2v) is 7.50. The molecule has 1 aliphatic rings. The Morgan fingerprint density at radius 1 is 1.20 bits per heavy atom. The molecule has 2 rings (SSSR count). The van der Waals surface area contributed by atoms with Gasteiger partial charge in [-0.3, -0.25) is 0 Å². The largest absolute Gasteiger partial charge is 0.371 e. The van der Waals surface area contributed by atoms with Crippen LogP contribution in [-0.2, 0) is 5.88 Å². The van der Waals surface area contributed by atoms with Crippen LogP contribution in [0.25, 0.3) is 0 Å². The fourth-order valence-corrected chi connectivity index (χ4v) is 3.53. The van der Waals surface area contributed by atoms with Crippen LogP contribution in [0.5, 0.6) is 0 Å². The molecular formula is C18H28ClN. The Morgan fingerprint density at radius 2 is 1.95 bits per heavy atom. The lowest BCUT2D eigenvalue weighted by Gasteiger charge is -2.30. The van der Waals surface area contributed by atoms with Gasteiger partial charge in [0.25, 0.3) is 0 Å². The van der Waals surface area contributed by atoms with Crippen molar-refractivity contribution in [3.63, 3.8) is 0 Å². The molecule has 1 heterocycles. The highest BCUT2D eigenvalue weighted by Crippen LogP contribution is 2.35. The van der Waals surface area contributed by atoms with Crippen molar-refractivity contribution in [2.75, 3.05) is 18.0 Å². The molecule has 0 bridgehead atoms. The molecule has 2 heteroatoms. The normalized spacial score (nSPS) is 20.9. The molecule has 1 aromatic rings. The number of benzene rings is 1. The van der Waals surface area contributed by atoms with Crippen molar-refractivity contribution in [3.05, 3.63) is 29.3 Å². The zero-order chi connectivity index (χ0) is 14.8. The molecule has 0 spiro atoms. The van der Waals surface area contributed by atoms with Crippen molar-refractivity contribution in [1.82, 2.24) is 0 Å². The third-order valence-electron chi connectivity index (χ3n) is 4.71. The number of hydrogen-bond acceptors (Lipinski definition) is 1. The van der Waals surface area contributed by atoms with E-state index in [9.17, 15) is 0 Å². The summed E-state index contributed by atoms with van der Waals surface area (Å²) in [6.07, 6.45) is 3.97. The van der Waals surface area contributed by atoms with Gasteiger partial charge in [-0.2, -0.15) is 0 Å². The Balaban J connectivity index is 2.11. The van der Waals surface area contributed by atoms with Crippen molar-refractivity contribution in [3.8, 4) is 0 Å². The molecule has 1 atom stereocenters. The van der Waals surface area contributed by atoms with Crippen molar-refractivity contribution in [2.45, 2.75) is 52.8 Å². The Bertz CT molecular complexity index is 447. The Morgan fingerprint density at radius 3 is 2.55 bits per heavy atom. The zero-order valence-electron chi connectivity index (χ0n) is 13.4. The lowest BCUT2D eigenvalue weighted by molar-refractivity contribution is 0.220. The molecule has 20 heavy (non-hydrogen) atoms. The number of alkyl halides is 1. The first kappa shape index (κ1) is 15.7. The van der Waals surface area contributed by atoms with Gasteiger partial charge in [0, 0.05) is 24.7 Å². The summed E-state index contributed by atoms with van der Waals surface area (Å²) in [5.41, 5.74) is 4.41. The summed E-state index contributed by atoms with van der Waals surface area (Å²) >= 11 is 5.92. The smallest absolute Gasteiger partial charge is 0.0474 e. The van der Waals surface area contributed by atoms with Crippen molar-refractivity contribution < 1.29 is 0 Å². The van der Waals surface area contributed by atoms with Gasteiger partial charge in [0.15, 0.2) is 0 Å². The van der Waals surface area contributed by atoms with Gasteiger partial charge in [0.2, 0.25) is 0 Å². The highest BCUT2D eigenvalue weighted by atomic mass is 35.5. The molecule has 1 nitrogen and oxygen atoms in total. The maximum atomic E-state index is 5.92. The summed E-state index contributed by atoms with van der Waals surface area (Å²) in [4.78, 5) is 2.57. The van der Waals surface area contributed by atoms with Crippen LogP contribution in [0.1, 0.15) is 51.2 Å². The number of aryl methyl sites for hydroxylation is 1. The van der Waals surface area contributed by atoms with Crippen LogP contribution >= 0.6 is 11.6 Å². The third-order valence-corrected chi connectivity index (χ3v) is 5.02. The predicted octanol–water partition coefficient (Wildman–Crippen LogP) is 5.39. The Kier molecular flexibility index (Phi) is 5.01.